The molecular weight excluding hydrogens is 250 g/mol. The van der Waals surface area contributed by atoms with Crippen molar-refractivity contribution >= 4 is 22.0 Å². The van der Waals surface area contributed by atoms with Gasteiger partial charge in [0.25, 0.3) is 0 Å². The highest BCUT2D eigenvalue weighted by Gasteiger charge is 2.61. The van der Waals surface area contributed by atoms with Crippen LogP contribution in [0.2, 0.25) is 0 Å². The lowest BCUT2D eigenvalue weighted by Crippen LogP contribution is -2.69. The van der Waals surface area contributed by atoms with Gasteiger partial charge in [-0.1, -0.05) is 0 Å². The van der Waals surface area contributed by atoms with Gasteiger partial charge in [0.2, 0.25) is 14.8 Å². The zero-order valence-corrected chi connectivity index (χ0v) is 10.5. The second-order valence-electron chi connectivity index (χ2n) is 3.52. The molecule has 0 aromatic heterocycles. The van der Waals surface area contributed by atoms with E-state index >= 15 is 0 Å². The first kappa shape index (κ1) is 13.9. The number of ether oxygens (including phenoxy) is 2. The highest BCUT2D eigenvalue weighted by atomic mass is 32.2. The van der Waals surface area contributed by atoms with E-state index in [1.807, 2.05) is 0 Å². The van der Waals surface area contributed by atoms with E-state index in [2.05, 4.69) is 9.46 Å². The van der Waals surface area contributed by atoms with E-state index in [1.165, 1.54) is 0 Å². The Labute approximate surface area is 99.5 Å². The number of hydrogen-bond acceptors (Lipinski definition) is 6. The van der Waals surface area contributed by atoms with Crippen molar-refractivity contribution in [2.24, 2.45) is 0 Å². The molecule has 98 valence electrons. The zero-order chi connectivity index (χ0) is 13.1. The average molecular weight is 265 g/mol. The van der Waals surface area contributed by atoms with Crippen LogP contribution in [0.1, 0.15) is 20.3 Å². The van der Waals surface area contributed by atoms with Crippen LogP contribution in [0.15, 0.2) is 0 Å². The molecule has 1 rings (SSSR count). The molecule has 17 heavy (non-hydrogen) atoms. The Hall–Kier alpha value is -1.15. The molecule has 1 atom stereocenters. The third-order valence-corrected chi connectivity index (χ3v) is 4.45. The van der Waals surface area contributed by atoms with Gasteiger partial charge in [-0.3, -0.25) is 9.59 Å². The van der Waals surface area contributed by atoms with Crippen LogP contribution in [-0.4, -0.2) is 44.9 Å². The Morgan fingerprint density at radius 1 is 1.24 bits per heavy atom. The quantitative estimate of drug-likeness (QED) is 0.652. The topological polar surface area (TPSA) is 98.8 Å². The molecular formula is C9H15NO6S. The first-order chi connectivity index (χ1) is 7.89. The Morgan fingerprint density at radius 3 is 2.18 bits per heavy atom. The van der Waals surface area contributed by atoms with E-state index < -0.39 is 33.1 Å². The van der Waals surface area contributed by atoms with Gasteiger partial charge in [0.05, 0.1) is 19.6 Å². The normalized spacial score (nSPS) is 25.8. The summed E-state index contributed by atoms with van der Waals surface area (Å²) >= 11 is 0. The minimum Gasteiger partial charge on any atom is -0.466 e. The molecule has 0 spiro atoms. The predicted octanol–water partition coefficient (Wildman–Crippen LogP) is -0.825. The maximum Gasteiger partial charge on any atom is 0.330 e. The third kappa shape index (κ3) is 2.42. The highest BCUT2D eigenvalue weighted by molar-refractivity contribution is 7.93. The van der Waals surface area contributed by atoms with Crippen LogP contribution in [0.4, 0.5) is 0 Å². The number of carbonyl (C=O) groups excluding carboxylic acids is 2. The molecule has 1 fully saturated rings. The molecule has 0 saturated carbocycles. The average Bonchev–Trinajstić information content (AvgIpc) is 2.25. The van der Waals surface area contributed by atoms with Gasteiger partial charge in [-0.15, -0.1) is 0 Å². The second kappa shape index (κ2) is 5.01. The van der Waals surface area contributed by atoms with Gasteiger partial charge in [-0.05, 0) is 13.8 Å². The number of rotatable bonds is 5. The largest absolute Gasteiger partial charge is 0.466 e. The molecule has 1 aliphatic heterocycles. The van der Waals surface area contributed by atoms with Crippen molar-refractivity contribution in [1.82, 2.24) is 4.72 Å². The molecule has 0 aliphatic carbocycles. The molecule has 0 radical (unpaired) electrons. The maximum atomic E-state index is 11.7. The molecule has 0 bridgehead atoms. The lowest BCUT2D eigenvalue weighted by molar-refractivity contribution is -0.153. The summed E-state index contributed by atoms with van der Waals surface area (Å²) in [6.07, 6.45) is -0.519. The summed E-state index contributed by atoms with van der Waals surface area (Å²) in [5, 5.41) is 0. The fourth-order valence-electron chi connectivity index (χ4n) is 1.48. The van der Waals surface area contributed by atoms with Crippen LogP contribution < -0.4 is 4.72 Å². The number of carbonyl (C=O) groups is 2. The van der Waals surface area contributed by atoms with Crippen LogP contribution >= 0.6 is 0 Å². The van der Waals surface area contributed by atoms with Crippen LogP contribution in [0, 0.1) is 0 Å². The fourth-order valence-corrected chi connectivity index (χ4v) is 2.80. The summed E-state index contributed by atoms with van der Waals surface area (Å²) in [5.74, 6) is -1.64. The smallest absolute Gasteiger partial charge is 0.330 e. The Balaban J connectivity index is 2.90. The molecule has 0 aromatic rings. The molecule has 1 saturated heterocycles. The summed E-state index contributed by atoms with van der Waals surface area (Å²) in [4.78, 5) is 23.0. The number of nitrogens with one attached hydrogen (secondary N) is 1. The van der Waals surface area contributed by atoms with E-state index in [1.54, 1.807) is 13.8 Å². The zero-order valence-electron chi connectivity index (χ0n) is 9.69. The molecule has 1 aliphatic rings. The van der Waals surface area contributed by atoms with Crippen LogP contribution in [-0.2, 0) is 29.1 Å². The van der Waals surface area contributed by atoms with Gasteiger partial charge in [-0.2, -0.15) is 0 Å². The van der Waals surface area contributed by atoms with E-state index in [-0.39, 0.29) is 19.8 Å². The monoisotopic (exact) mass is 265 g/mol. The molecule has 0 amide bonds. The first-order valence-corrected chi connectivity index (χ1v) is 6.70. The SMILES string of the molecule is CCOC(=O)CC1(C(=O)OCC)CNS1(=O)=O. The van der Waals surface area contributed by atoms with E-state index in [0.717, 1.165) is 0 Å². The molecule has 1 unspecified atom stereocenters. The van der Waals surface area contributed by atoms with Crippen LogP contribution in [0.3, 0.4) is 0 Å². The van der Waals surface area contributed by atoms with Crippen molar-refractivity contribution in [2.45, 2.75) is 25.0 Å². The number of sulfonamides is 1. The van der Waals surface area contributed by atoms with Crippen molar-refractivity contribution in [1.29, 1.82) is 0 Å². The number of esters is 2. The molecule has 8 heteroatoms. The Kier molecular flexibility index (Phi) is 4.10. The van der Waals surface area contributed by atoms with Gasteiger partial charge in [-0.25, -0.2) is 13.1 Å². The number of hydrogen-bond donors (Lipinski definition) is 1. The maximum absolute atomic E-state index is 11.7. The minimum atomic E-state index is -3.84. The summed E-state index contributed by atoms with van der Waals surface area (Å²) in [5.41, 5.74) is 0. The summed E-state index contributed by atoms with van der Waals surface area (Å²) < 4.78 is 32.8. The van der Waals surface area contributed by atoms with Gasteiger partial charge >= 0.3 is 11.9 Å². The van der Waals surface area contributed by atoms with Crippen molar-refractivity contribution in [2.75, 3.05) is 19.8 Å². The van der Waals surface area contributed by atoms with Crippen LogP contribution in [0.5, 0.6) is 0 Å². The lowest BCUT2D eigenvalue weighted by atomic mass is 10.0. The first-order valence-electron chi connectivity index (χ1n) is 5.21. The van der Waals surface area contributed by atoms with Crippen molar-refractivity contribution in [3.8, 4) is 0 Å². The molecule has 0 aromatic carbocycles. The second-order valence-corrected chi connectivity index (χ2v) is 5.60. The molecule has 7 nitrogen and oxygen atoms in total. The lowest BCUT2D eigenvalue weighted by Gasteiger charge is -2.37. The summed E-state index contributed by atoms with van der Waals surface area (Å²) in [7, 11) is -3.84. The highest BCUT2D eigenvalue weighted by Crippen LogP contribution is 2.30. The summed E-state index contributed by atoms with van der Waals surface area (Å²) in [6.45, 7) is 3.22. The van der Waals surface area contributed by atoms with Crippen molar-refractivity contribution < 1.29 is 27.5 Å². The van der Waals surface area contributed by atoms with E-state index in [0.29, 0.717) is 0 Å². The van der Waals surface area contributed by atoms with Crippen molar-refractivity contribution in [3.63, 3.8) is 0 Å². The molecule has 1 heterocycles. The summed E-state index contributed by atoms with van der Waals surface area (Å²) in [6, 6.07) is 0. The van der Waals surface area contributed by atoms with E-state index in [4.69, 9.17) is 4.74 Å². The Morgan fingerprint density at radius 2 is 1.82 bits per heavy atom. The van der Waals surface area contributed by atoms with Gasteiger partial charge in [0, 0.05) is 6.54 Å². The van der Waals surface area contributed by atoms with Crippen LogP contribution in [0.25, 0.3) is 0 Å². The Bertz CT molecular complexity index is 417. The van der Waals surface area contributed by atoms with Gasteiger partial charge in [0.1, 0.15) is 0 Å². The van der Waals surface area contributed by atoms with Gasteiger partial charge < -0.3 is 9.47 Å². The van der Waals surface area contributed by atoms with Gasteiger partial charge in [0.15, 0.2) is 0 Å². The molecule has 1 N–H and O–H groups in total. The predicted molar refractivity (Wildman–Crippen MR) is 57.5 cm³/mol. The van der Waals surface area contributed by atoms with Crippen molar-refractivity contribution in [3.05, 3.63) is 0 Å². The van der Waals surface area contributed by atoms with E-state index in [9.17, 15) is 18.0 Å². The standard InChI is InChI=1S/C9H15NO6S/c1-3-15-7(11)5-9(8(12)16-4-2)6-10-17(9,13)14/h10H,3-6H2,1-2H3. The minimum absolute atomic E-state index is 0.0545. The fraction of sp³-hybridized carbons (Fsp3) is 0.778. The third-order valence-electron chi connectivity index (χ3n) is 2.44.